The first-order valence-electron chi connectivity index (χ1n) is 11.7. The lowest BCUT2D eigenvalue weighted by molar-refractivity contribution is -0.136. The molecule has 0 radical (unpaired) electrons. The molecule has 0 atom stereocenters. The number of benzene rings is 2. The molecule has 0 aliphatic carbocycles. The maximum atomic E-state index is 13.0. The SMILES string of the molecule is COC(=O)c1ccc(-c2ccc(/C=C3\SC(=O)N(CC(=O)N4CCc5ccccc5C4)C3=O)o2)c(C)c1. The van der Waals surface area contributed by atoms with Crippen LogP contribution >= 0.6 is 11.8 Å². The molecule has 3 aromatic rings. The third-order valence-electron chi connectivity index (χ3n) is 6.46. The average Bonchev–Trinajstić information content (AvgIpc) is 3.47. The van der Waals surface area contributed by atoms with Crippen molar-refractivity contribution in [2.45, 2.75) is 19.9 Å². The van der Waals surface area contributed by atoms with Crippen molar-refractivity contribution < 1.29 is 28.3 Å². The summed E-state index contributed by atoms with van der Waals surface area (Å²) in [4.78, 5) is 53.1. The van der Waals surface area contributed by atoms with Gasteiger partial charge in [-0.2, -0.15) is 0 Å². The molecule has 188 valence electrons. The highest BCUT2D eigenvalue weighted by Crippen LogP contribution is 2.34. The Bertz CT molecular complexity index is 1460. The standard InChI is InChI=1S/C28H24N2O6S/c1-17-13-19(27(33)35-2)7-9-22(17)23-10-8-21(36-23)14-24-26(32)30(28(34)37-24)16-25(31)29-12-11-18-5-3-4-6-20(18)15-29/h3-10,13-14H,11-12,15-16H2,1-2H3/b24-14-. The van der Waals surface area contributed by atoms with Gasteiger partial charge in [0.05, 0.1) is 17.6 Å². The molecule has 5 rings (SSSR count). The van der Waals surface area contributed by atoms with Crippen LogP contribution in [0.25, 0.3) is 17.4 Å². The van der Waals surface area contributed by atoms with Gasteiger partial charge in [-0.3, -0.25) is 19.3 Å². The van der Waals surface area contributed by atoms with Gasteiger partial charge >= 0.3 is 5.97 Å². The molecule has 2 aliphatic heterocycles. The highest BCUT2D eigenvalue weighted by Gasteiger charge is 2.37. The molecule has 37 heavy (non-hydrogen) atoms. The summed E-state index contributed by atoms with van der Waals surface area (Å²) in [5, 5.41) is -0.483. The summed E-state index contributed by atoms with van der Waals surface area (Å²) < 4.78 is 10.7. The summed E-state index contributed by atoms with van der Waals surface area (Å²) in [5.74, 6) is -0.244. The number of rotatable bonds is 5. The Morgan fingerprint density at radius 2 is 1.86 bits per heavy atom. The Morgan fingerprint density at radius 1 is 1.08 bits per heavy atom. The second-order valence-corrected chi connectivity index (χ2v) is 9.82. The average molecular weight is 517 g/mol. The Kier molecular flexibility index (Phi) is 6.71. The Hall–Kier alpha value is -4.11. The van der Waals surface area contributed by atoms with Gasteiger partial charge in [0.25, 0.3) is 11.1 Å². The quantitative estimate of drug-likeness (QED) is 0.359. The van der Waals surface area contributed by atoms with Crippen LogP contribution in [0.15, 0.2) is 63.9 Å². The minimum absolute atomic E-state index is 0.195. The number of imide groups is 1. The van der Waals surface area contributed by atoms with Crippen LogP contribution < -0.4 is 0 Å². The number of carbonyl (C=O) groups is 4. The number of esters is 1. The van der Waals surface area contributed by atoms with Crippen LogP contribution in [0.2, 0.25) is 0 Å². The fourth-order valence-corrected chi connectivity index (χ4v) is 5.29. The van der Waals surface area contributed by atoms with Crippen molar-refractivity contribution in [3.63, 3.8) is 0 Å². The third-order valence-corrected chi connectivity index (χ3v) is 7.37. The normalized spacial score (nSPS) is 16.3. The van der Waals surface area contributed by atoms with Crippen molar-refractivity contribution in [3.05, 3.63) is 87.5 Å². The maximum Gasteiger partial charge on any atom is 0.337 e. The van der Waals surface area contributed by atoms with Crippen molar-refractivity contribution in [1.82, 2.24) is 9.80 Å². The number of hydrogen-bond acceptors (Lipinski definition) is 7. The lowest BCUT2D eigenvalue weighted by atomic mass is 10.00. The molecule has 8 nitrogen and oxygen atoms in total. The van der Waals surface area contributed by atoms with Crippen LogP contribution in [0.1, 0.15) is 32.8 Å². The fraction of sp³-hybridized carbons (Fsp3) is 0.214. The van der Waals surface area contributed by atoms with Gasteiger partial charge in [0, 0.05) is 24.7 Å². The predicted molar refractivity (Wildman–Crippen MR) is 138 cm³/mol. The lowest BCUT2D eigenvalue weighted by Crippen LogP contribution is -2.44. The summed E-state index contributed by atoms with van der Waals surface area (Å²) in [6.07, 6.45) is 2.25. The van der Waals surface area contributed by atoms with E-state index in [4.69, 9.17) is 9.15 Å². The van der Waals surface area contributed by atoms with Crippen molar-refractivity contribution in [2.75, 3.05) is 20.2 Å². The molecule has 2 aromatic carbocycles. The number of fused-ring (bicyclic) bond motifs is 1. The van der Waals surface area contributed by atoms with Gasteiger partial charge in [-0.1, -0.05) is 30.3 Å². The Balaban J connectivity index is 1.27. The van der Waals surface area contributed by atoms with Crippen molar-refractivity contribution in [1.29, 1.82) is 0 Å². The van der Waals surface area contributed by atoms with Gasteiger partial charge in [-0.15, -0.1) is 0 Å². The highest BCUT2D eigenvalue weighted by atomic mass is 32.2. The molecule has 0 spiro atoms. The summed E-state index contributed by atoms with van der Waals surface area (Å²) in [7, 11) is 1.33. The van der Waals surface area contributed by atoms with E-state index in [9.17, 15) is 19.2 Å². The smallest absolute Gasteiger partial charge is 0.337 e. The first kappa shape index (κ1) is 24.6. The van der Waals surface area contributed by atoms with E-state index >= 15 is 0 Å². The number of furan rings is 1. The van der Waals surface area contributed by atoms with Gasteiger partial charge in [0.2, 0.25) is 5.91 Å². The number of nitrogens with zero attached hydrogens (tertiary/aromatic N) is 2. The minimum Gasteiger partial charge on any atom is -0.465 e. The summed E-state index contributed by atoms with van der Waals surface area (Å²) >= 11 is 0.786. The second-order valence-electron chi connectivity index (χ2n) is 8.83. The number of carbonyl (C=O) groups excluding carboxylic acids is 4. The summed E-state index contributed by atoms with van der Waals surface area (Å²) in [6.45, 7) is 2.58. The molecule has 1 aromatic heterocycles. The number of amides is 3. The van der Waals surface area contributed by atoms with E-state index in [0.29, 0.717) is 30.2 Å². The number of methoxy groups -OCH3 is 1. The van der Waals surface area contributed by atoms with Crippen LogP contribution in [0.3, 0.4) is 0 Å². The molecule has 0 unspecified atom stereocenters. The Labute approximate surface area is 217 Å². The molecule has 1 fully saturated rings. The largest absolute Gasteiger partial charge is 0.465 e. The van der Waals surface area contributed by atoms with E-state index in [-0.39, 0.29) is 17.4 Å². The zero-order valence-corrected chi connectivity index (χ0v) is 21.2. The molecule has 1 saturated heterocycles. The zero-order valence-electron chi connectivity index (χ0n) is 20.4. The van der Waals surface area contributed by atoms with E-state index in [1.54, 1.807) is 35.2 Å². The molecule has 3 amide bonds. The maximum absolute atomic E-state index is 13.0. The second kappa shape index (κ2) is 10.1. The van der Waals surface area contributed by atoms with E-state index < -0.39 is 17.1 Å². The van der Waals surface area contributed by atoms with Gasteiger partial charge < -0.3 is 14.1 Å². The van der Waals surface area contributed by atoms with Crippen molar-refractivity contribution in [2.24, 2.45) is 0 Å². The van der Waals surface area contributed by atoms with Crippen molar-refractivity contribution in [3.8, 4) is 11.3 Å². The molecule has 0 bridgehead atoms. The molecular formula is C28H24N2O6S. The monoisotopic (exact) mass is 516 g/mol. The van der Waals surface area contributed by atoms with E-state index in [2.05, 4.69) is 6.07 Å². The predicted octanol–water partition coefficient (Wildman–Crippen LogP) is 4.66. The zero-order chi connectivity index (χ0) is 26.1. The van der Waals surface area contributed by atoms with Crippen LogP contribution in [0.4, 0.5) is 4.79 Å². The lowest BCUT2D eigenvalue weighted by Gasteiger charge is -2.29. The molecule has 3 heterocycles. The van der Waals surface area contributed by atoms with Gasteiger partial charge in [-0.25, -0.2) is 4.79 Å². The summed E-state index contributed by atoms with van der Waals surface area (Å²) in [6, 6.07) is 16.6. The number of ether oxygens (including phenoxy) is 1. The van der Waals surface area contributed by atoms with Crippen LogP contribution in [-0.2, 0) is 27.3 Å². The number of thioether (sulfide) groups is 1. The number of aryl methyl sites for hydroxylation is 1. The van der Waals surface area contributed by atoms with Crippen LogP contribution in [0.5, 0.6) is 0 Å². The van der Waals surface area contributed by atoms with Gasteiger partial charge in [0.1, 0.15) is 18.1 Å². The van der Waals surface area contributed by atoms with Crippen molar-refractivity contribution >= 4 is 40.9 Å². The first-order valence-corrected chi connectivity index (χ1v) is 12.5. The van der Waals surface area contributed by atoms with Crippen LogP contribution in [0, 0.1) is 6.92 Å². The molecule has 0 N–H and O–H groups in total. The van der Waals surface area contributed by atoms with E-state index in [1.165, 1.54) is 18.7 Å². The van der Waals surface area contributed by atoms with Gasteiger partial charge in [0.15, 0.2) is 0 Å². The molecular weight excluding hydrogens is 492 g/mol. The van der Waals surface area contributed by atoms with Crippen LogP contribution in [-0.4, -0.2) is 53.0 Å². The van der Waals surface area contributed by atoms with E-state index in [0.717, 1.165) is 39.8 Å². The first-order chi connectivity index (χ1) is 17.8. The number of hydrogen-bond donors (Lipinski definition) is 0. The van der Waals surface area contributed by atoms with Gasteiger partial charge in [-0.05, 0) is 66.1 Å². The Morgan fingerprint density at radius 3 is 2.62 bits per heavy atom. The summed E-state index contributed by atoms with van der Waals surface area (Å²) in [5.41, 5.74) is 4.34. The minimum atomic E-state index is -0.516. The molecule has 0 saturated carbocycles. The topological polar surface area (TPSA) is 97.1 Å². The molecule has 9 heteroatoms. The highest BCUT2D eigenvalue weighted by molar-refractivity contribution is 8.18. The third kappa shape index (κ3) is 4.95. The molecule has 2 aliphatic rings. The van der Waals surface area contributed by atoms with E-state index in [1.807, 2.05) is 25.1 Å². The fourth-order valence-electron chi connectivity index (χ4n) is 4.47.